The molecule has 1 saturated heterocycles. The van der Waals surface area contributed by atoms with E-state index in [0.29, 0.717) is 11.6 Å². The van der Waals surface area contributed by atoms with Crippen molar-refractivity contribution in [3.8, 4) is 0 Å². The molecular weight excluding hydrogens is 316 g/mol. The summed E-state index contributed by atoms with van der Waals surface area (Å²) in [6.07, 6.45) is 5.98. The first-order chi connectivity index (χ1) is 12.2. The van der Waals surface area contributed by atoms with Gasteiger partial charge in [-0.1, -0.05) is 18.2 Å². The van der Waals surface area contributed by atoms with Gasteiger partial charge in [0.2, 0.25) is 5.95 Å². The molecule has 0 bridgehead atoms. The number of benzene rings is 1. The summed E-state index contributed by atoms with van der Waals surface area (Å²) in [7, 11) is 0. The number of para-hydroxylation sites is 1. The van der Waals surface area contributed by atoms with Crippen molar-refractivity contribution in [2.45, 2.75) is 25.3 Å². The summed E-state index contributed by atoms with van der Waals surface area (Å²) in [6.45, 7) is 2.43. The van der Waals surface area contributed by atoms with Crippen LogP contribution in [-0.4, -0.2) is 46.6 Å². The maximum atomic E-state index is 12.6. The molecule has 4 rings (SSSR count). The number of nitrogen functional groups attached to an aromatic ring is 1. The largest absolute Gasteiger partial charge is 0.396 e. The van der Waals surface area contributed by atoms with Crippen LogP contribution < -0.4 is 16.0 Å². The van der Waals surface area contributed by atoms with Crippen LogP contribution in [0.25, 0.3) is 0 Å². The summed E-state index contributed by atoms with van der Waals surface area (Å²) in [5.74, 6) is 0.709. The Morgan fingerprint density at radius 1 is 1.08 bits per heavy atom. The van der Waals surface area contributed by atoms with Crippen molar-refractivity contribution >= 4 is 23.4 Å². The summed E-state index contributed by atoms with van der Waals surface area (Å²) in [5.41, 5.74) is 8.35. The van der Waals surface area contributed by atoms with Crippen molar-refractivity contribution in [2.24, 2.45) is 0 Å². The number of hydrogen-bond acceptors (Lipinski definition) is 5. The van der Waals surface area contributed by atoms with Gasteiger partial charge in [-0.3, -0.25) is 0 Å². The second-order valence-electron chi connectivity index (χ2n) is 6.57. The molecule has 2 aromatic rings. The van der Waals surface area contributed by atoms with Crippen molar-refractivity contribution in [3.05, 3.63) is 42.2 Å². The van der Waals surface area contributed by atoms with E-state index in [1.54, 1.807) is 12.4 Å². The summed E-state index contributed by atoms with van der Waals surface area (Å²) >= 11 is 0. The lowest BCUT2D eigenvalue weighted by Gasteiger charge is -2.37. The van der Waals surface area contributed by atoms with E-state index < -0.39 is 0 Å². The smallest absolute Gasteiger partial charge is 0.322 e. The van der Waals surface area contributed by atoms with Crippen LogP contribution >= 0.6 is 0 Å². The third-order valence-electron chi connectivity index (χ3n) is 4.99. The van der Waals surface area contributed by atoms with Gasteiger partial charge in [-0.2, -0.15) is 0 Å². The molecule has 3 N–H and O–H groups in total. The molecule has 7 heteroatoms. The number of carbonyl (C=O) groups excluding carboxylic acids is 1. The summed E-state index contributed by atoms with van der Waals surface area (Å²) < 4.78 is 0. The zero-order valence-electron chi connectivity index (χ0n) is 14.1. The number of anilines is 3. The van der Waals surface area contributed by atoms with Crippen molar-refractivity contribution in [1.29, 1.82) is 0 Å². The van der Waals surface area contributed by atoms with E-state index in [2.05, 4.69) is 26.3 Å². The second-order valence-corrected chi connectivity index (χ2v) is 6.57. The van der Waals surface area contributed by atoms with Crippen LogP contribution in [0.1, 0.15) is 18.4 Å². The molecule has 0 atom stereocenters. The molecule has 130 valence electrons. The molecule has 7 nitrogen and oxygen atoms in total. The van der Waals surface area contributed by atoms with Crippen molar-refractivity contribution in [2.75, 3.05) is 35.6 Å². The molecule has 0 aliphatic carbocycles. The molecule has 2 aliphatic heterocycles. The van der Waals surface area contributed by atoms with Crippen LogP contribution in [0.2, 0.25) is 0 Å². The number of amides is 2. The highest BCUT2D eigenvalue weighted by Crippen LogP contribution is 2.25. The highest BCUT2D eigenvalue weighted by molar-refractivity contribution is 5.91. The second kappa shape index (κ2) is 6.58. The number of urea groups is 1. The van der Waals surface area contributed by atoms with Crippen LogP contribution in [0, 0.1) is 0 Å². The normalized spacial score (nSPS) is 18.5. The first-order valence-corrected chi connectivity index (χ1v) is 8.69. The summed E-state index contributed by atoms with van der Waals surface area (Å²) in [6, 6.07) is 8.29. The molecule has 0 saturated carbocycles. The monoisotopic (exact) mass is 338 g/mol. The predicted octanol–water partition coefficient (Wildman–Crippen LogP) is 2.12. The molecule has 0 spiro atoms. The van der Waals surface area contributed by atoms with Gasteiger partial charge in [0, 0.05) is 31.4 Å². The summed E-state index contributed by atoms with van der Waals surface area (Å²) in [5, 5.41) is 3.05. The quantitative estimate of drug-likeness (QED) is 0.876. The number of aromatic nitrogens is 2. The van der Waals surface area contributed by atoms with Gasteiger partial charge in [0.25, 0.3) is 0 Å². The Labute approximate surface area is 146 Å². The summed E-state index contributed by atoms with van der Waals surface area (Å²) in [4.78, 5) is 25.4. The number of nitrogens with zero attached hydrogens (tertiary/aromatic N) is 4. The van der Waals surface area contributed by atoms with Crippen LogP contribution in [0.4, 0.5) is 22.1 Å². The van der Waals surface area contributed by atoms with Gasteiger partial charge in [0.1, 0.15) is 0 Å². The lowest BCUT2D eigenvalue weighted by atomic mass is 10.0. The van der Waals surface area contributed by atoms with Gasteiger partial charge in [-0.15, -0.1) is 0 Å². The lowest BCUT2D eigenvalue weighted by molar-refractivity contribution is 0.177. The van der Waals surface area contributed by atoms with Crippen LogP contribution in [0.5, 0.6) is 0 Å². The minimum Gasteiger partial charge on any atom is -0.396 e. The lowest BCUT2D eigenvalue weighted by Crippen LogP contribution is -2.49. The Hall–Kier alpha value is -2.83. The minimum absolute atomic E-state index is 0.00661. The SMILES string of the molecule is Nc1cnc(N2CCC(N3CCc4ccccc4NC3=O)CC2)nc1. The van der Waals surface area contributed by atoms with Crippen LogP contribution in [0.3, 0.4) is 0 Å². The number of nitrogens with two attached hydrogens (primary N) is 1. The predicted molar refractivity (Wildman–Crippen MR) is 97.6 cm³/mol. The van der Waals surface area contributed by atoms with Crippen LogP contribution in [-0.2, 0) is 6.42 Å². The molecule has 25 heavy (non-hydrogen) atoms. The standard InChI is InChI=1S/C18H22N6O/c19-14-11-20-17(21-12-14)23-8-6-15(7-9-23)24-10-5-13-3-1-2-4-16(13)22-18(24)25/h1-4,11-12,15H,5-10,19H2,(H,22,25). The topological polar surface area (TPSA) is 87.4 Å². The van der Waals surface area contributed by atoms with E-state index in [-0.39, 0.29) is 12.1 Å². The maximum absolute atomic E-state index is 12.6. The number of hydrogen-bond donors (Lipinski definition) is 2. The van der Waals surface area contributed by atoms with E-state index in [4.69, 9.17) is 5.73 Å². The Balaban J connectivity index is 1.41. The number of rotatable bonds is 2. The number of carbonyl (C=O) groups is 1. The zero-order valence-corrected chi connectivity index (χ0v) is 14.1. The third kappa shape index (κ3) is 3.22. The van der Waals surface area contributed by atoms with Gasteiger partial charge in [0.05, 0.1) is 18.1 Å². The number of nitrogens with one attached hydrogen (secondary N) is 1. The molecule has 2 aliphatic rings. The van der Waals surface area contributed by atoms with Gasteiger partial charge in [0.15, 0.2) is 0 Å². The van der Waals surface area contributed by atoms with E-state index in [1.807, 2.05) is 23.1 Å². The molecule has 1 fully saturated rings. The fourth-order valence-corrected chi connectivity index (χ4v) is 3.61. The first-order valence-electron chi connectivity index (χ1n) is 8.69. The fraction of sp³-hybridized carbons (Fsp3) is 0.389. The Kier molecular flexibility index (Phi) is 4.13. The van der Waals surface area contributed by atoms with Crippen molar-refractivity contribution < 1.29 is 4.79 Å². The number of fused-ring (bicyclic) bond motifs is 1. The average molecular weight is 338 g/mol. The molecule has 0 radical (unpaired) electrons. The Morgan fingerprint density at radius 2 is 1.80 bits per heavy atom. The first kappa shape index (κ1) is 15.7. The van der Waals surface area contributed by atoms with Gasteiger partial charge in [-0.05, 0) is 30.9 Å². The third-order valence-corrected chi connectivity index (χ3v) is 4.99. The molecule has 0 unspecified atom stereocenters. The van der Waals surface area contributed by atoms with Gasteiger partial charge < -0.3 is 20.9 Å². The van der Waals surface area contributed by atoms with E-state index in [9.17, 15) is 4.79 Å². The van der Waals surface area contributed by atoms with Gasteiger partial charge >= 0.3 is 6.03 Å². The molecular formula is C18H22N6O. The van der Waals surface area contributed by atoms with E-state index in [0.717, 1.165) is 44.6 Å². The van der Waals surface area contributed by atoms with E-state index in [1.165, 1.54) is 5.56 Å². The maximum Gasteiger partial charge on any atom is 0.322 e. The van der Waals surface area contributed by atoms with E-state index >= 15 is 0 Å². The average Bonchev–Trinajstić information content (AvgIpc) is 2.81. The molecule has 1 aromatic heterocycles. The highest BCUT2D eigenvalue weighted by atomic mass is 16.2. The minimum atomic E-state index is 0.00661. The molecule has 3 heterocycles. The fourth-order valence-electron chi connectivity index (χ4n) is 3.61. The Bertz CT molecular complexity index is 754. The van der Waals surface area contributed by atoms with Crippen molar-refractivity contribution in [1.82, 2.24) is 14.9 Å². The van der Waals surface area contributed by atoms with Crippen LogP contribution in [0.15, 0.2) is 36.7 Å². The number of piperidine rings is 1. The molecule has 2 amide bonds. The Morgan fingerprint density at radius 3 is 2.56 bits per heavy atom. The molecule has 1 aromatic carbocycles. The van der Waals surface area contributed by atoms with Crippen molar-refractivity contribution in [3.63, 3.8) is 0 Å². The van der Waals surface area contributed by atoms with Gasteiger partial charge in [-0.25, -0.2) is 14.8 Å². The zero-order chi connectivity index (χ0) is 17.2. The highest BCUT2D eigenvalue weighted by Gasteiger charge is 2.30.